The quantitative estimate of drug-likeness (QED) is 0.170. The van der Waals surface area contributed by atoms with Crippen molar-refractivity contribution in [2.45, 2.75) is 12.8 Å². The fourth-order valence-corrected chi connectivity index (χ4v) is 7.73. The van der Waals surface area contributed by atoms with Crippen LogP contribution in [-0.4, -0.2) is 12.3 Å². The summed E-state index contributed by atoms with van der Waals surface area (Å²) < 4.78 is 25.5. The van der Waals surface area contributed by atoms with Crippen LogP contribution < -0.4 is 19.7 Å². The lowest BCUT2D eigenvalue weighted by atomic mass is 10.3. The van der Waals surface area contributed by atoms with Crippen molar-refractivity contribution in [3.8, 4) is 11.5 Å². The van der Waals surface area contributed by atoms with Gasteiger partial charge in [-0.1, -0.05) is 97.1 Å². The Hall–Kier alpha value is -2.86. The van der Waals surface area contributed by atoms with Gasteiger partial charge in [-0.25, -0.2) is 4.57 Å². The van der Waals surface area contributed by atoms with E-state index < -0.39 is 15.5 Å². The molecule has 0 unspecified atom stereocenters. The normalized spacial score (nSPS) is 11.3. The third-order valence-corrected chi connectivity index (χ3v) is 9.62. The van der Waals surface area contributed by atoms with E-state index in [2.05, 4.69) is 60.7 Å². The molecule has 0 fully saturated rings. The number of benzene rings is 4. The summed E-state index contributed by atoms with van der Waals surface area (Å²) in [7, 11) is -3.83. The van der Waals surface area contributed by atoms with Crippen LogP contribution in [0.2, 0.25) is 0 Å². The Bertz CT molecular complexity index is 1050. The molecule has 0 N–H and O–H groups in total. The second kappa shape index (κ2) is 11.8. The molecule has 5 heteroatoms. The van der Waals surface area contributed by atoms with E-state index >= 15 is 0 Å². The van der Waals surface area contributed by atoms with Crippen molar-refractivity contribution in [2.24, 2.45) is 0 Å². The maximum atomic E-state index is 13.7. The van der Waals surface area contributed by atoms with E-state index in [1.807, 2.05) is 60.7 Å². The standard InChI is InChI=1S/C28H28O3P2/c29-33(30-25-15-5-1-6-16-25,31-26-17-7-2-8-18-26)24-14-13-23-32(27-19-9-3-10-20-27)28-21-11-4-12-22-28/h1-12,15-22H,13-14,23-24H2. The van der Waals surface area contributed by atoms with Crippen molar-refractivity contribution >= 4 is 26.1 Å². The number of hydrogen-bond acceptors (Lipinski definition) is 3. The highest BCUT2D eigenvalue weighted by Gasteiger charge is 2.28. The van der Waals surface area contributed by atoms with Crippen LogP contribution in [0.4, 0.5) is 0 Å². The van der Waals surface area contributed by atoms with Crippen LogP contribution in [0.15, 0.2) is 121 Å². The van der Waals surface area contributed by atoms with E-state index in [1.165, 1.54) is 10.6 Å². The van der Waals surface area contributed by atoms with Crippen molar-refractivity contribution in [1.29, 1.82) is 0 Å². The number of hydrogen-bond donors (Lipinski definition) is 0. The molecule has 0 spiro atoms. The molecule has 4 rings (SSSR count). The zero-order chi connectivity index (χ0) is 22.8. The summed E-state index contributed by atoms with van der Waals surface area (Å²) in [6.07, 6.45) is 3.09. The Morgan fingerprint density at radius 2 is 0.939 bits per heavy atom. The minimum Gasteiger partial charge on any atom is -0.416 e. The average Bonchev–Trinajstić information content (AvgIpc) is 2.86. The van der Waals surface area contributed by atoms with Crippen LogP contribution in [0, 0.1) is 0 Å². The van der Waals surface area contributed by atoms with Crippen molar-refractivity contribution < 1.29 is 13.6 Å². The molecule has 0 amide bonds. The first-order valence-corrected chi connectivity index (χ1v) is 14.4. The Morgan fingerprint density at radius 3 is 1.36 bits per heavy atom. The molecule has 33 heavy (non-hydrogen) atoms. The summed E-state index contributed by atoms with van der Waals surface area (Å²) in [6, 6.07) is 39.9. The van der Waals surface area contributed by atoms with Gasteiger partial charge >= 0.3 is 7.60 Å². The lowest BCUT2D eigenvalue weighted by Gasteiger charge is -2.21. The van der Waals surface area contributed by atoms with Crippen molar-refractivity contribution in [3.05, 3.63) is 121 Å². The van der Waals surface area contributed by atoms with Gasteiger partial charge in [0.1, 0.15) is 11.5 Å². The predicted molar refractivity (Wildman–Crippen MR) is 140 cm³/mol. The SMILES string of the molecule is O=P(CCCCP(c1ccccc1)c1ccccc1)(Oc1ccccc1)Oc1ccccc1. The van der Waals surface area contributed by atoms with Gasteiger partial charge in [0.25, 0.3) is 0 Å². The molecule has 4 aromatic carbocycles. The van der Waals surface area contributed by atoms with Crippen LogP contribution in [0.1, 0.15) is 12.8 Å². The van der Waals surface area contributed by atoms with E-state index in [1.54, 1.807) is 0 Å². The lowest BCUT2D eigenvalue weighted by Crippen LogP contribution is -2.14. The highest BCUT2D eigenvalue weighted by Crippen LogP contribution is 2.49. The third-order valence-electron chi connectivity index (χ3n) is 5.17. The zero-order valence-corrected chi connectivity index (χ0v) is 20.3. The Morgan fingerprint density at radius 1 is 0.545 bits per heavy atom. The minimum absolute atomic E-state index is 0.365. The molecule has 0 aliphatic carbocycles. The van der Waals surface area contributed by atoms with E-state index in [4.69, 9.17) is 9.05 Å². The number of para-hydroxylation sites is 2. The molecule has 0 aliphatic rings. The fourth-order valence-electron chi connectivity index (χ4n) is 3.59. The Labute approximate surface area is 197 Å². The maximum Gasteiger partial charge on any atom is 0.430 e. The van der Waals surface area contributed by atoms with Gasteiger partial charge in [0.05, 0.1) is 6.16 Å². The maximum absolute atomic E-state index is 13.7. The van der Waals surface area contributed by atoms with E-state index in [0.29, 0.717) is 17.7 Å². The van der Waals surface area contributed by atoms with Gasteiger partial charge < -0.3 is 9.05 Å². The molecule has 0 heterocycles. The van der Waals surface area contributed by atoms with E-state index in [9.17, 15) is 4.57 Å². The zero-order valence-electron chi connectivity index (χ0n) is 18.5. The summed E-state index contributed by atoms with van der Waals surface area (Å²) in [5.41, 5.74) is 0. The van der Waals surface area contributed by atoms with E-state index in [-0.39, 0.29) is 0 Å². The molecule has 0 saturated carbocycles. The lowest BCUT2D eigenvalue weighted by molar-refractivity contribution is 0.384. The molecule has 168 valence electrons. The molecule has 0 aliphatic heterocycles. The molecular formula is C28H28O3P2. The summed E-state index contributed by atoms with van der Waals surface area (Å²) in [5, 5.41) is 2.73. The average molecular weight is 474 g/mol. The smallest absolute Gasteiger partial charge is 0.416 e. The van der Waals surface area contributed by atoms with Crippen LogP contribution in [0.25, 0.3) is 0 Å². The minimum atomic E-state index is -3.36. The molecule has 4 aromatic rings. The number of rotatable bonds is 11. The Kier molecular flexibility index (Phi) is 8.36. The van der Waals surface area contributed by atoms with E-state index in [0.717, 1.165) is 19.0 Å². The van der Waals surface area contributed by atoms with Crippen LogP contribution in [-0.2, 0) is 4.57 Å². The van der Waals surface area contributed by atoms with Gasteiger partial charge in [0.2, 0.25) is 0 Å². The molecule has 0 aromatic heterocycles. The first kappa shape index (κ1) is 23.3. The molecule has 0 atom stereocenters. The summed E-state index contributed by atoms with van der Waals surface area (Å²) in [6.45, 7) is 0. The summed E-state index contributed by atoms with van der Waals surface area (Å²) in [4.78, 5) is 0. The van der Waals surface area contributed by atoms with Crippen molar-refractivity contribution in [1.82, 2.24) is 0 Å². The van der Waals surface area contributed by atoms with Crippen molar-refractivity contribution in [3.63, 3.8) is 0 Å². The van der Waals surface area contributed by atoms with Gasteiger partial charge in [-0.2, -0.15) is 0 Å². The first-order chi connectivity index (χ1) is 16.2. The predicted octanol–water partition coefficient (Wildman–Crippen LogP) is 7.25. The second-order valence-corrected chi connectivity index (χ2v) is 12.0. The van der Waals surface area contributed by atoms with Gasteiger partial charge in [-0.3, -0.25) is 0 Å². The summed E-state index contributed by atoms with van der Waals surface area (Å²) in [5.74, 6) is 1.13. The monoisotopic (exact) mass is 474 g/mol. The van der Waals surface area contributed by atoms with Crippen LogP contribution >= 0.6 is 15.5 Å². The molecule has 0 radical (unpaired) electrons. The van der Waals surface area contributed by atoms with Gasteiger partial charge in [0.15, 0.2) is 0 Å². The van der Waals surface area contributed by atoms with Crippen molar-refractivity contribution in [2.75, 3.05) is 12.3 Å². The first-order valence-electron chi connectivity index (χ1n) is 11.2. The highest BCUT2D eigenvalue weighted by molar-refractivity contribution is 7.73. The summed E-state index contributed by atoms with van der Waals surface area (Å²) >= 11 is 0. The molecule has 0 saturated heterocycles. The Balaban J connectivity index is 1.44. The third kappa shape index (κ3) is 7.06. The largest absolute Gasteiger partial charge is 0.430 e. The van der Waals surface area contributed by atoms with Gasteiger partial charge in [-0.15, -0.1) is 0 Å². The highest BCUT2D eigenvalue weighted by atomic mass is 31.2. The van der Waals surface area contributed by atoms with Gasteiger partial charge in [0, 0.05) is 0 Å². The number of unbranched alkanes of at least 4 members (excludes halogenated alkanes) is 1. The molecule has 0 bridgehead atoms. The second-order valence-electron chi connectivity index (χ2n) is 7.67. The van der Waals surface area contributed by atoms with Crippen LogP contribution in [0.3, 0.4) is 0 Å². The molecular weight excluding hydrogens is 446 g/mol. The molecule has 3 nitrogen and oxygen atoms in total. The van der Waals surface area contributed by atoms with Crippen LogP contribution in [0.5, 0.6) is 11.5 Å². The topological polar surface area (TPSA) is 35.5 Å². The fraction of sp³-hybridized carbons (Fsp3) is 0.143. The van der Waals surface area contributed by atoms with Gasteiger partial charge in [-0.05, 0) is 61.8 Å².